The topological polar surface area (TPSA) is 66.4 Å². The van der Waals surface area contributed by atoms with Gasteiger partial charge in [-0.2, -0.15) is 0 Å². The van der Waals surface area contributed by atoms with Crippen LogP contribution in [0.2, 0.25) is 5.02 Å². The number of anilines is 1. The molecule has 1 aromatic carbocycles. The Hall–Kier alpha value is -1.81. The van der Waals surface area contributed by atoms with Crippen LogP contribution in [0.5, 0.6) is 0 Å². The van der Waals surface area contributed by atoms with Gasteiger partial charge in [0.1, 0.15) is 0 Å². The van der Waals surface area contributed by atoms with E-state index in [1.165, 1.54) is 69.9 Å². The Morgan fingerprint density at radius 2 is 1.47 bits per heavy atom. The summed E-state index contributed by atoms with van der Waals surface area (Å²) in [6.45, 7) is 2.25. The fourth-order valence-electron chi connectivity index (χ4n) is 3.35. The Labute approximate surface area is 187 Å². The number of carbonyl (C=O) groups excluding carboxylic acids is 1. The number of allylic oxidation sites excluding steroid dienone is 2. The fourth-order valence-corrected chi connectivity index (χ4v) is 3.55. The molecular weight excluding hydrogens is 398 g/mol. The lowest BCUT2D eigenvalue weighted by atomic mass is 10.1. The smallest absolute Gasteiger partial charge is 0.337 e. The van der Waals surface area contributed by atoms with E-state index in [1.807, 2.05) is 0 Å². The highest BCUT2D eigenvalue weighted by molar-refractivity contribution is 6.33. The summed E-state index contributed by atoms with van der Waals surface area (Å²) < 4.78 is 0. The van der Waals surface area contributed by atoms with Crippen LogP contribution in [-0.4, -0.2) is 17.0 Å². The van der Waals surface area contributed by atoms with E-state index in [1.54, 1.807) is 6.07 Å². The molecule has 0 unspecified atom stereocenters. The van der Waals surface area contributed by atoms with Crippen molar-refractivity contribution in [2.75, 3.05) is 5.32 Å². The van der Waals surface area contributed by atoms with Crippen molar-refractivity contribution in [3.63, 3.8) is 0 Å². The number of hydrogen-bond donors (Lipinski definition) is 2. The number of carboxylic acid groups (broad SMARTS) is 1. The number of halogens is 1. The predicted octanol–water partition coefficient (Wildman–Crippen LogP) is 8.01. The Morgan fingerprint density at radius 1 is 0.900 bits per heavy atom. The number of rotatable bonds is 17. The van der Waals surface area contributed by atoms with Crippen LogP contribution in [-0.2, 0) is 4.79 Å². The summed E-state index contributed by atoms with van der Waals surface area (Å²) in [6, 6.07) is 4.50. The van der Waals surface area contributed by atoms with Crippen LogP contribution < -0.4 is 5.32 Å². The number of nitrogens with one attached hydrogen (secondary N) is 1. The minimum absolute atomic E-state index is 0.00418. The Balaban J connectivity index is 2.00. The molecule has 1 amide bonds. The van der Waals surface area contributed by atoms with Gasteiger partial charge in [-0.3, -0.25) is 4.79 Å². The lowest BCUT2D eigenvalue weighted by molar-refractivity contribution is -0.116. The van der Waals surface area contributed by atoms with Gasteiger partial charge in [0.05, 0.1) is 10.6 Å². The van der Waals surface area contributed by atoms with Crippen molar-refractivity contribution in [1.29, 1.82) is 0 Å². The van der Waals surface area contributed by atoms with E-state index in [0.717, 1.165) is 25.7 Å². The van der Waals surface area contributed by atoms with Gasteiger partial charge in [0.15, 0.2) is 0 Å². The van der Waals surface area contributed by atoms with Crippen molar-refractivity contribution in [3.8, 4) is 0 Å². The third kappa shape index (κ3) is 12.7. The first-order valence-corrected chi connectivity index (χ1v) is 11.9. The molecule has 0 aliphatic rings. The van der Waals surface area contributed by atoms with Crippen LogP contribution in [0.3, 0.4) is 0 Å². The van der Waals surface area contributed by atoms with Crippen LogP contribution in [0.25, 0.3) is 0 Å². The second-order valence-corrected chi connectivity index (χ2v) is 8.29. The molecule has 0 saturated heterocycles. The van der Waals surface area contributed by atoms with Crippen molar-refractivity contribution in [2.45, 2.75) is 96.8 Å². The maximum absolute atomic E-state index is 12.0. The molecule has 5 heteroatoms. The highest BCUT2D eigenvalue weighted by atomic mass is 35.5. The largest absolute Gasteiger partial charge is 0.478 e. The number of amides is 1. The minimum Gasteiger partial charge on any atom is -0.478 e. The molecule has 2 N–H and O–H groups in total. The maximum atomic E-state index is 12.0. The zero-order chi connectivity index (χ0) is 22.0. The summed E-state index contributed by atoms with van der Waals surface area (Å²) >= 11 is 5.84. The van der Waals surface area contributed by atoms with E-state index >= 15 is 0 Å². The van der Waals surface area contributed by atoms with Crippen LogP contribution in [0.1, 0.15) is 107 Å². The molecule has 4 nitrogen and oxygen atoms in total. The van der Waals surface area contributed by atoms with Gasteiger partial charge in [-0.15, -0.1) is 0 Å². The number of carbonyl (C=O) groups is 2. The average molecular weight is 436 g/mol. The molecule has 0 saturated carbocycles. The lowest BCUT2D eigenvalue weighted by Crippen LogP contribution is -2.11. The van der Waals surface area contributed by atoms with Gasteiger partial charge < -0.3 is 10.4 Å². The van der Waals surface area contributed by atoms with Gasteiger partial charge in [0.25, 0.3) is 0 Å². The molecular formula is C25H38ClNO3. The van der Waals surface area contributed by atoms with E-state index in [-0.39, 0.29) is 16.5 Å². The number of benzene rings is 1. The zero-order valence-electron chi connectivity index (χ0n) is 18.4. The molecule has 0 aromatic heterocycles. The first kappa shape index (κ1) is 26.2. The molecule has 1 rings (SSSR count). The number of hydrogen-bond acceptors (Lipinski definition) is 2. The van der Waals surface area contributed by atoms with Crippen molar-refractivity contribution in [3.05, 3.63) is 40.9 Å². The highest BCUT2D eigenvalue weighted by Gasteiger charge is 2.10. The number of unbranched alkanes of at least 4 members (excludes halogenated alkanes) is 11. The van der Waals surface area contributed by atoms with Gasteiger partial charge >= 0.3 is 5.97 Å². The van der Waals surface area contributed by atoms with E-state index in [4.69, 9.17) is 16.7 Å². The normalized spacial score (nSPS) is 11.1. The third-order valence-corrected chi connectivity index (χ3v) is 5.48. The lowest BCUT2D eigenvalue weighted by Gasteiger charge is -2.07. The second-order valence-electron chi connectivity index (χ2n) is 7.88. The SMILES string of the molecule is CCCCCCCC/C=C\CCCCCCCC(=O)Nc1ccc(Cl)c(C(=O)O)c1. The summed E-state index contributed by atoms with van der Waals surface area (Å²) in [4.78, 5) is 23.1. The van der Waals surface area contributed by atoms with E-state index < -0.39 is 5.97 Å². The zero-order valence-corrected chi connectivity index (χ0v) is 19.2. The van der Waals surface area contributed by atoms with E-state index in [0.29, 0.717) is 12.1 Å². The summed E-state index contributed by atoms with van der Waals surface area (Å²) in [5.74, 6) is -1.19. The van der Waals surface area contributed by atoms with Crippen LogP contribution >= 0.6 is 11.6 Å². The minimum atomic E-state index is -1.10. The fraction of sp³-hybridized carbons (Fsp3) is 0.600. The molecule has 0 aliphatic carbocycles. The Bertz CT molecular complexity index is 658. The summed E-state index contributed by atoms with van der Waals surface area (Å²) in [6.07, 6.45) is 21.0. The van der Waals surface area contributed by atoms with Crippen molar-refractivity contribution in [2.24, 2.45) is 0 Å². The first-order chi connectivity index (χ1) is 14.5. The Kier molecular flexibility index (Phi) is 14.8. The van der Waals surface area contributed by atoms with E-state index in [9.17, 15) is 9.59 Å². The van der Waals surface area contributed by atoms with Crippen LogP contribution in [0.15, 0.2) is 30.4 Å². The number of carboxylic acids is 1. The van der Waals surface area contributed by atoms with E-state index in [2.05, 4.69) is 24.4 Å². The predicted molar refractivity (Wildman–Crippen MR) is 126 cm³/mol. The second kappa shape index (κ2) is 16.9. The highest BCUT2D eigenvalue weighted by Crippen LogP contribution is 2.21. The maximum Gasteiger partial charge on any atom is 0.337 e. The van der Waals surface area contributed by atoms with Gasteiger partial charge in [-0.25, -0.2) is 4.79 Å². The van der Waals surface area contributed by atoms with Crippen molar-refractivity contribution >= 4 is 29.2 Å². The first-order valence-electron chi connectivity index (χ1n) is 11.5. The molecule has 0 heterocycles. The molecule has 1 aromatic rings. The average Bonchev–Trinajstić information content (AvgIpc) is 2.72. The van der Waals surface area contributed by atoms with Gasteiger partial charge in [-0.1, -0.05) is 82.0 Å². The summed E-state index contributed by atoms with van der Waals surface area (Å²) in [7, 11) is 0. The Morgan fingerprint density at radius 3 is 2.07 bits per heavy atom. The quantitative estimate of drug-likeness (QED) is 0.192. The standard InChI is InChI=1S/C25H38ClNO3/c1-2-3-4-5-6-7-8-9-10-11-12-13-14-15-16-17-24(28)27-21-18-19-23(26)22(20-21)25(29)30/h9-10,18-20H,2-8,11-17H2,1H3,(H,27,28)(H,29,30)/b10-9-. The molecule has 0 radical (unpaired) electrons. The number of aromatic carboxylic acids is 1. The van der Waals surface area contributed by atoms with Crippen LogP contribution in [0.4, 0.5) is 5.69 Å². The van der Waals surface area contributed by atoms with Gasteiger partial charge in [-0.05, 0) is 50.3 Å². The van der Waals surface area contributed by atoms with Gasteiger partial charge in [0.2, 0.25) is 5.91 Å². The summed E-state index contributed by atoms with van der Waals surface area (Å²) in [5.41, 5.74) is 0.463. The van der Waals surface area contributed by atoms with Gasteiger partial charge in [0, 0.05) is 12.1 Å². The summed E-state index contributed by atoms with van der Waals surface area (Å²) in [5, 5.41) is 12.0. The molecule has 0 fully saturated rings. The third-order valence-electron chi connectivity index (χ3n) is 5.15. The molecule has 30 heavy (non-hydrogen) atoms. The van der Waals surface area contributed by atoms with Crippen LogP contribution in [0, 0.1) is 0 Å². The molecule has 0 spiro atoms. The molecule has 0 aliphatic heterocycles. The van der Waals surface area contributed by atoms with Crippen molar-refractivity contribution < 1.29 is 14.7 Å². The molecule has 0 atom stereocenters. The van der Waals surface area contributed by atoms with Crippen molar-refractivity contribution in [1.82, 2.24) is 0 Å². The molecule has 0 bridgehead atoms. The molecule has 168 valence electrons. The monoisotopic (exact) mass is 435 g/mol.